The van der Waals surface area contributed by atoms with Gasteiger partial charge in [-0.25, -0.2) is 23.4 Å². The number of esters is 4. The maximum Gasteiger partial charge on any atom is 0.397 e. The number of benzene rings is 4. The molecule has 334 valence electrons. The summed E-state index contributed by atoms with van der Waals surface area (Å²) in [7, 11) is -4.12. The average Bonchev–Trinajstić information content (AvgIpc) is 3.28. The van der Waals surface area contributed by atoms with Crippen molar-refractivity contribution in [3.8, 4) is 0 Å². The number of hydrogen-bond acceptors (Lipinski definition) is 17. The summed E-state index contributed by atoms with van der Waals surface area (Å²) in [6, 6.07) is 29.7. The third-order valence-electron chi connectivity index (χ3n) is 9.66. The zero-order valence-corrected chi connectivity index (χ0v) is 34.4. The van der Waals surface area contributed by atoms with Crippen LogP contribution in [0.2, 0.25) is 0 Å². The molecule has 2 aliphatic heterocycles. The number of ether oxygens (including phenoxy) is 8. The van der Waals surface area contributed by atoms with E-state index in [0.29, 0.717) is 5.56 Å². The lowest BCUT2D eigenvalue weighted by molar-refractivity contribution is -0.339. The zero-order chi connectivity index (χ0) is 45.1. The molecule has 0 spiro atoms. The van der Waals surface area contributed by atoms with Gasteiger partial charge in [-0.2, -0.15) is 8.42 Å². The second kappa shape index (κ2) is 21.3. The second-order valence-electron chi connectivity index (χ2n) is 14.0. The Labute approximate surface area is 361 Å². The quantitative estimate of drug-likeness (QED) is 0.0830. The van der Waals surface area contributed by atoms with E-state index in [1.807, 2.05) is 0 Å². The molecule has 2 heterocycles. The van der Waals surface area contributed by atoms with E-state index in [1.54, 1.807) is 60.7 Å². The van der Waals surface area contributed by atoms with E-state index in [4.69, 9.17) is 37.9 Å². The smallest absolute Gasteiger partial charge is 0.397 e. The summed E-state index contributed by atoms with van der Waals surface area (Å²) in [5.74, 6) is -4.98. The van der Waals surface area contributed by atoms with Crippen LogP contribution in [-0.2, 0) is 68.7 Å². The largest absolute Gasteiger partial charge is 0.467 e. The van der Waals surface area contributed by atoms with Crippen molar-refractivity contribution in [1.82, 2.24) is 5.32 Å². The Morgan fingerprint density at radius 2 is 1.13 bits per heavy atom. The van der Waals surface area contributed by atoms with Crippen molar-refractivity contribution in [2.24, 2.45) is 0 Å². The summed E-state index contributed by atoms with van der Waals surface area (Å²) in [5, 5.41) is 14.4. The van der Waals surface area contributed by atoms with Crippen molar-refractivity contribution in [3.63, 3.8) is 0 Å². The van der Waals surface area contributed by atoms with Crippen molar-refractivity contribution in [2.45, 2.75) is 74.9 Å². The molecule has 2 aliphatic rings. The van der Waals surface area contributed by atoms with Crippen LogP contribution in [0.1, 0.15) is 43.6 Å². The summed E-state index contributed by atoms with van der Waals surface area (Å²) in [6.07, 6.45) is -17.0. The Bertz CT molecular complexity index is 2290. The highest BCUT2D eigenvalue weighted by Gasteiger charge is 2.58. The van der Waals surface area contributed by atoms with Gasteiger partial charge in [0.1, 0.15) is 24.4 Å². The highest BCUT2D eigenvalue weighted by molar-refractivity contribution is 7.80. The number of hydrogen-bond donors (Lipinski definition) is 3. The van der Waals surface area contributed by atoms with Crippen molar-refractivity contribution in [2.75, 3.05) is 13.7 Å². The molecule has 1 amide bonds. The molecule has 0 bridgehead atoms. The number of aliphatic hydroxyl groups is 1. The highest BCUT2D eigenvalue weighted by Crippen LogP contribution is 2.35. The van der Waals surface area contributed by atoms with E-state index in [2.05, 4.69) is 9.50 Å². The van der Waals surface area contributed by atoms with Crippen LogP contribution < -0.4 is 5.32 Å². The number of methoxy groups -OCH3 is 1. The van der Waals surface area contributed by atoms with Gasteiger partial charge >= 0.3 is 34.3 Å². The molecule has 2 saturated heterocycles. The van der Waals surface area contributed by atoms with E-state index in [-0.39, 0.29) is 23.3 Å². The van der Waals surface area contributed by atoms with Crippen molar-refractivity contribution < 1.29 is 84.1 Å². The van der Waals surface area contributed by atoms with Gasteiger partial charge < -0.3 is 48.3 Å². The van der Waals surface area contributed by atoms with Gasteiger partial charge in [-0.05, 0) is 42.0 Å². The van der Waals surface area contributed by atoms with Crippen molar-refractivity contribution in [1.29, 1.82) is 0 Å². The first-order chi connectivity index (χ1) is 30.2. The summed E-state index contributed by atoms with van der Waals surface area (Å²) in [6.45, 7) is -0.0515. The second-order valence-corrected chi connectivity index (χ2v) is 15.1. The highest BCUT2D eigenvalue weighted by atomic mass is 32.3. The first-order valence-corrected chi connectivity index (χ1v) is 20.6. The molecular formula is C43H43NO18S. The lowest BCUT2D eigenvalue weighted by Gasteiger charge is -2.48. The third kappa shape index (κ3) is 12.3. The number of carbonyl (C=O) groups excluding carboxylic acids is 5. The monoisotopic (exact) mass is 893 g/mol. The predicted molar refractivity (Wildman–Crippen MR) is 213 cm³/mol. The maximum atomic E-state index is 13.9. The molecule has 0 saturated carbocycles. The normalized spacial score (nSPS) is 25.8. The molecule has 4 aromatic carbocycles. The Morgan fingerprint density at radius 1 is 0.651 bits per heavy atom. The number of nitrogens with one attached hydrogen (secondary N) is 1. The molecule has 2 fully saturated rings. The minimum atomic E-state index is -5.11. The Morgan fingerprint density at radius 3 is 1.60 bits per heavy atom. The fourth-order valence-corrected chi connectivity index (χ4v) is 7.03. The number of carbonyl (C=O) groups is 5. The maximum absolute atomic E-state index is 13.9. The average molecular weight is 894 g/mol. The van der Waals surface area contributed by atoms with Crippen molar-refractivity contribution >= 4 is 40.2 Å². The molecule has 4 aromatic rings. The van der Waals surface area contributed by atoms with Gasteiger partial charge in [0.25, 0.3) is 0 Å². The molecule has 63 heavy (non-hydrogen) atoms. The van der Waals surface area contributed by atoms with Gasteiger partial charge in [0.05, 0.1) is 37.0 Å². The van der Waals surface area contributed by atoms with Gasteiger partial charge in [0.15, 0.2) is 37.0 Å². The summed E-state index contributed by atoms with van der Waals surface area (Å²) < 4.78 is 84.7. The standard InChI is InChI=1S/C43H43NO18S/c1-25(45)44-31-33(32(46)30(24-56-63(51,52)53)57-42(31)55-23-26-15-7-3-8-16-26)61-43-37(60-40(49)29-21-13-6-14-22-29)35(59-39(48)28-19-11-5-12-20-28)34(36(62-43)41(50)54-2)58-38(47)27-17-9-4-10-18-27/h3-22,30-37,42-43,46H,23-24H2,1-2H3,(H,44,45)(H,51,52,53)/t30-,31-,32+,33-,34+,35+,36+,37-,42+,43-/m1/s1. The van der Waals surface area contributed by atoms with Crippen LogP contribution in [-0.4, -0.2) is 123 Å². The molecule has 0 unspecified atom stereocenters. The van der Waals surface area contributed by atoms with Gasteiger partial charge in [-0.3, -0.25) is 9.35 Å². The van der Waals surface area contributed by atoms with Gasteiger partial charge in [0.2, 0.25) is 5.91 Å². The van der Waals surface area contributed by atoms with Crippen LogP contribution in [0.5, 0.6) is 0 Å². The molecule has 10 atom stereocenters. The SMILES string of the molecule is COC(=O)[C@H]1O[C@@H](O[C@H]2[C@@H](O)[C@@H](COS(=O)(=O)O)O[C@H](OCc3ccccc3)[C@@H]2NC(C)=O)[C@H](OC(=O)c2ccccc2)[C@@H](OC(=O)c2ccccc2)[C@@H]1OC(=O)c1ccccc1. The first kappa shape index (κ1) is 46.4. The minimum Gasteiger partial charge on any atom is -0.467 e. The Hall–Kier alpha value is -6.10. The summed E-state index contributed by atoms with van der Waals surface area (Å²) in [4.78, 5) is 68.0. The van der Waals surface area contributed by atoms with E-state index in [9.17, 15) is 42.0 Å². The molecular weight excluding hydrogens is 851 g/mol. The van der Waals surface area contributed by atoms with Crippen LogP contribution >= 0.6 is 0 Å². The van der Waals surface area contributed by atoms with E-state index < -0.39 is 108 Å². The fraction of sp³-hybridized carbons (Fsp3) is 0.326. The zero-order valence-electron chi connectivity index (χ0n) is 33.6. The molecule has 0 aliphatic carbocycles. The van der Waals surface area contributed by atoms with Gasteiger partial charge in [-0.15, -0.1) is 0 Å². The van der Waals surface area contributed by atoms with Crippen LogP contribution in [0.15, 0.2) is 121 Å². The summed E-state index contributed by atoms with van der Waals surface area (Å²) >= 11 is 0. The lowest BCUT2D eigenvalue weighted by Crippen LogP contribution is -2.69. The van der Waals surface area contributed by atoms with E-state index in [1.165, 1.54) is 60.7 Å². The van der Waals surface area contributed by atoms with Gasteiger partial charge in [-0.1, -0.05) is 84.9 Å². The molecule has 3 N–H and O–H groups in total. The fourth-order valence-electron chi connectivity index (χ4n) is 6.72. The van der Waals surface area contributed by atoms with Crippen LogP contribution in [0.4, 0.5) is 0 Å². The first-order valence-electron chi connectivity index (χ1n) is 19.3. The number of aliphatic hydroxyl groups excluding tert-OH is 1. The molecule has 0 radical (unpaired) electrons. The predicted octanol–water partition coefficient (Wildman–Crippen LogP) is 2.57. The van der Waals surface area contributed by atoms with Gasteiger partial charge in [0, 0.05) is 6.92 Å². The Balaban J connectivity index is 1.46. The van der Waals surface area contributed by atoms with E-state index in [0.717, 1.165) is 14.0 Å². The topological polar surface area (TPSA) is 255 Å². The Kier molecular flexibility index (Phi) is 15.7. The van der Waals surface area contributed by atoms with Crippen LogP contribution in [0.25, 0.3) is 0 Å². The van der Waals surface area contributed by atoms with Crippen LogP contribution in [0.3, 0.4) is 0 Å². The molecule has 20 heteroatoms. The van der Waals surface area contributed by atoms with E-state index >= 15 is 0 Å². The summed E-state index contributed by atoms with van der Waals surface area (Å²) in [5.41, 5.74) is 0.605. The number of amides is 1. The molecule has 0 aromatic heterocycles. The third-order valence-corrected chi connectivity index (χ3v) is 10.1. The van der Waals surface area contributed by atoms with Crippen molar-refractivity contribution in [3.05, 3.63) is 144 Å². The molecule has 19 nitrogen and oxygen atoms in total. The number of rotatable bonds is 16. The minimum absolute atomic E-state index is 0.00799. The van der Waals surface area contributed by atoms with Crippen LogP contribution in [0, 0.1) is 0 Å². The molecule has 6 rings (SSSR count). The lowest BCUT2D eigenvalue weighted by atomic mass is 9.94.